The maximum Gasteiger partial charge on any atom is 0.168 e. The van der Waals surface area contributed by atoms with Crippen LogP contribution in [0.4, 0.5) is 0 Å². The molecule has 1 fully saturated rings. The van der Waals surface area contributed by atoms with Crippen molar-refractivity contribution < 1.29 is 19.2 Å². The first-order chi connectivity index (χ1) is 15.3. The minimum Gasteiger partial charge on any atom is -0.511 e. The SMILES string of the molecule is CC1(C)CC(=O)/C(=C(\O)CCc2noc3c2C(=O)CCC3)C(=NCCc2ccccc2)C1. The van der Waals surface area contributed by atoms with E-state index >= 15 is 0 Å². The second-order valence-electron chi connectivity index (χ2n) is 9.53. The van der Waals surface area contributed by atoms with Crippen molar-refractivity contribution in [3.05, 3.63) is 64.2 Å². The minimum absolute atomic E-state index is 0.0315. The monoisotopic (exact) mass is 434 g/mol. The van der Waals surface area contributed by atoms with Crippen LogP contribution in [0.15, 0.2) is 51.2 Å². The van der Waals surface area contributed by atoms with Crippen molar-refractivity contribution in [2.75, 3.05) is 6.54 Å². The summed E-state index contributed by atoms with van der Waals surface area (Å²) in [6.07, 6.45) is 4.38. The van der Waals surface area contributed by atoms with E-state index in [2.05, 4.69) is 31.1 Å². The lowest BCUT2D eigenvalue weighted by atomic mass is 9.73. The number of fused-ring (bicyclic) bond motifs is 1. The molecule has 1 saturated carbocycles. The number of benzene rings is 1. The number of rotatable bonds is 6. The third-order valence-electron chi connectivity index (χ3n) is 6.21. The molecule has 0 spiro atoms. The molecule has 2 aromatic rings. The van der Waals surface area contributed by atoms with Crippen molar-refractivity contribution in [1.82, 2.24) is 5.16 Å². The molecular formula is C26H30N2O4. The van der Waals surface area contributed by atoms with E-state index in [4.69, 9.17) is 9.52 Å². The molecule has 4 rings (SSSR count). The van der Waals surface area contributed by atoms with E-state index < -0.39 is 0 Å². The van der Waals surface area contributed by atoms with Crippen LogP contribution < -0.4 is 0 Å². The quantitative estimate of drug-likeness (QED) is 0.509. The molecule has 0 saturated heterocycles. The van der Waals surface area contributed by atoms with Crippen LogP contribution >= 0.6 is 0 Å². The highest BCUT2D eigenvalue weighted by atomic mass is 16.5. The van der Waals surface area contributed by atoms with Gasteiger partial charge in [0.2, 0.25) is 0 Å². The smallest absolute Gasteiger partial charge is 0.168 e. The maximum absolute atomic E-state index is 13.0. The number of carbonyl (C=O) groups is 2. The average Bonchev–Trinajstić information content (AvgIpc) is 3.16. The van der Waals surface area contributed by atoms with Gasteiger partial charge in [0.25, 0.3) is 0 Å². The molecule has 1 aromatic heterocycles. The van der Waals surface area contributed by atoms with Crippen molar-refractivity contribution in [3.63, 3.8) is 0 Å². The van der Waals surface area contributed by atoms with Crippen LogP contribution in [0.2, 0.25) is 0 Å². The summed E-state index contributed by atoms with van der Waals surface area (Å²) in [6, 6.07) is 10.1. The summed E-state index contributed by atoms with van der Waals surface area (Å²) in [6.45, 7) is 4.67. The number of hydrogen-bond acceptors (Lipinski definition) is 6. The molecule has 0 amide bonds. The molecule has 0 radical (unpaired) electrons. The van der Waals surface area contributed by atoms with Crippen LogP contribution in [0.25, 0.3) is 0 Å². The highest BCUT2D eigenvalue weighted by molar-refractivity contribution is 6.24. The zero-order valence-corrected chi connectivity index (χ0v) is 18.8. The highest BCUT2D eigenvalue weighted by Crippen LogP contribution is 2.36. The lowest BCUT2D eigenvalue weighted by Gasteiger charge is -2.31. The zero-order chi connectivity index (χ0) is 22.7. The first-order valence-electron chi connectivity index (χ1n) is 11.4. The summed E-state index contributed by atoms with van der Waals surface area (Å²) in [7, 11) is 0. The molecule has 0 aliphatic heterocycles. The molecule has 0 bridgehead atoms. The molecule has 1 heterocycles. The van der Waals surface area contributed by atoms with Gasteiger partial charge in [0, 0.05) is 44.4 Å². The summed E-state index contributed by atoms with van der Waals surface area (Å²) < 4.78 is 5.34. The normalized spacial score (nSPS) is 21.0. The Labute approximate surface area is 188 Å². The lowest BCUT2D eigenvalue weighted by Crippen LogP contribution is -2.33. The summed E-state index contributed by atoms with van der Waals surface area (Å²) >= 11 is 0. The van der Waals surface area contributed by atoms with E-state index in [-0.39, 0.29) is 29.2 Å². The maximum atomic E-state index is 13.0. The molecule has 1 N–H and O–H groups in total. The van der Waals surface area contributed by atoms with Crippen molar-refractivity contribution in [3.8, 4) is 0 Å². The van der Waals surface area contributed by atoms with Crippen LogP contribution in [0.5, 0.6) is 0 Å². The molecule has 2 aliphatic carbocycles. The van der Waals surface area contributed by atoms with Gasteiger partial charge in [-0.3, -0.25) is 14.6 Å². The third-order valence-corrected chi connectivity index (χ3v) is 6.21. The van der Waals surface area contributed by atoms with Crippen LogP contribution in [0, 0.1) is 5.41 Å². The molecule has 6 nitrogen and oxygen atoms in total. The number of allylic oxidation sites excluding steroid dienone is 2. The van der Waals surface area contributed by atoms with Gasteiger partial charge >= 0.3 is 0 Å². The van der Waals surface area contributed by atoms with Gasteiger partial charge < -0.3 is 9.63 Å². The number of hydrogen-bond donors (Lipinski definition) is 1. The van der Waals surface area contributed by atoms with E-state index in [1.54, 1.807) is 0 Å². The molecule has 32 heavy (non-hydrogen) atoms. The number of aliphatic hydroxyl groups excluding tert-OH is 1. The van der Waals surface area contributed by atoms with Gasteiger partial charge in [0.15, 0.2) is 11.6 Å². The second-order valence-corrected chi connectivity index (χ2v) is 9.53. The van der Waals surface area contributed by atoms with Crippen LogP contribution in [-0.4, -0.2) is 34.1 Å². The predicted octanol–water partition coefficient (Wildman–Crippen LogP) is 5.01. The summed E-state index contributed by atoms with van der Waals surface area (Å²) in [5.74, 6) is 0.648. The van der Waals surface area contributed by atoms with Gasteiger partial charge in [0.1, 0.15) is 11.5 Å². The van der Waals surface area contributed by atoms with Crippen LogP contribution in [0.3, 0.4) is 0 Å². The Kier molecular flexibility index (Phi) is 6.40. The largest absolute Gasteiger partial charge is 0.511 e. The molecule has 168 valence electrons. The number of ketones is 2. The minimum atomic E-state index is -0.190. The van der Waals surface area contributed by atoms with Gasteiger partial charge in [-0.2, -0.15) is 0 Å². The Morgan fingerprint density at radius 2 is 1.88 bits per heavy atom. The van der Waals surface area contributed by atoms with E-state index in [9.17, 15) is 14.7 Å². The van der Waals surface area contributed by atoms with Gasteiger partial charge in [-0.05, 0) is 30.2 Å². The van der Waals surface area contributed by atoms with E-state index in [0.29, 0.717) is 67.0 Å². The molecule has 2 aliphatic rings. The van der Waals surface area contributed by atoms with E-state index in [1.165, 1.54) is 5.56 Å². The molecule has 0 atom stereocenters. The van der Waals surface area contributed by atoms with Gasteiger partial charge in [0.05, 0.1) is 16.8 Å². The Morgan fingerprint density at radius 1 is 1.09 bits per heavy atom. The Hall–Kier alpha value is -3.02. The zero-order valence-electron chi connectivity index (χ0n) is 18.8. The number of aliphatic imine (C=N–C) groups is 1. The lowest BCUT2D eigenvalue weighted by molar-refractivity contribution is -0.117. The van der Waals surface area contributed by atoms with Crippen molar-refractivity contribution in [1.29, 1.82) is 0 Å². The predicted molar refractivity (Wildman–Crippen MR) is 122 cm³/mol. The van der Waals surface area contributed by atoms with Crippen molar-refractivity contribution in [2.24, 2.45) is 10.4 Å². The van der Waals surface area contributed by atoms with Crippen LogP contribution in [0.1, 0.15) is 73.3 Å². The Morgan fingerprint density at radius 3 is 2.66 bits per heavy atom. The summed E-state index contributed by atoms with van der Waals surface area (Å²) in [4.78, 5) is 30.0. The average molecular weight is 435 g/mol. The molecule has 6 heteroatoms. The number of carbonyl (C=O) groups excluding carboxylic acids is 2. The third kappa shape index (κ3) is 4.90. The van der Waals surface area contributed by atoms with Gasteiger partial charge in [-0.25, -0.2) is 0 Å². The highest BCUT2D eigenvalue weighted by Gasteiger charge is 2.36. The number of nitrogens with zero attached hydrogens (tertiary/aromatic N) is 2. The topological polar surface area (TPSA) is 92.8 Å². The first-order valence-corrected chi connectivity index (χ1v) is 11.4. The van der Waals surface area contributed by atoms with Crippen molar-refractivity contribution >= 4 is 17.3 Å². The fraction of sp³-hybridized carbons (Fsp3) is 0.462. The first kappa shape index (κ1) is 22.2. The molecule has 0 unspecified atom stereocenters. The number of aliphatic hydroxyl groups is 1. The van der Waals surface area contributed by atoms with E-state index in [1.807, 2.05) is 18.2 Å². The van der Waals surface area contributed by atoms with Gasteiger partial charge in [-0.1, -0.05) is 49.3 Å². The fourth-order valence-electron chi connectivity index (χ4n) is 4.63. The van der Waals surface area contributed by atoms with Crippen molar-refractivity contribution in [2.45, 2.75) is 65.2 Å². The summed E-state index contributed by atoms with van der Waals surface area (Å²) in [5, 5.41) is 15.0. The fourth-order valence-corrected chi connectivity index (χ4v) is 4.63. The number of Topliss-reactive ketones (excluding diaryl/α,β-unsaturated/α-hetero) is 2. The van der Waals surface area contributed by atoms with Gasteiger partial charge in [-0.15, -0.1) is 0 Å². The molecule has 1 aromatic carbocycles. The van der Waals surface area contributed by atoms with Crippen LogP contribution in [-0.2, 0) is 24.1 Å². The summed E-state index contributed by atoms with van der Waals surface area (Å²) in [5.41, 5.74) is 3.17. The standard InChI is InChI=1S/C26H30N2O4/c1-26(2)15-19(27-14-13-17-7-4-3-5-8-17)24(22(31)16-26)21(30)12-11-18-25-20(29)9-6-10-23(25)32-28-18/h3-5,7-8,30H,6,9-16H2,1-2H3/b24-21-,27-19?. The second kappa shape index (κ2) is 9.23. The Balaban J connectivity index is 1.53. The number of aromatic nitrogens is 1. The molecular weight excluding hydrogens is 404 g/mol. The Bertz CT molecular complexity index is 1080. The number of aryl methyl sites for hydroxylation is 2. The van der Waals surface area contributed by atoms with E-state index in [0.717, 1.165) is 12.8 Å².